The Hall–Kier alpha value is -0.660. The molecule has 0 N–H and O–H groups in total. The van der Waals surface area contributed by atoms with E-state index in [1.807, 2.05) is 24.1 Å². The Bertz CT molecular complexity index is 400. The summed E-state index contributed by atoms with van der Waals surface area (Å²) in [4.78, 5) is 3.28. The highest BCUT2D eigenvalue weighted by molar-refractivity contribution is 9.10. The Morgan fingerprint density at radius 1 is 1.64 bits per heavy atom. The van der Waals surface area contributed by atoms with Crippen molar-refractivity contribution in [2.24, 2.45) is 0 Å². The van der Waals surface area contributed by atoms with Crippen molar-refractivity contribution in [3.8, 4) is 6.07 Å². The molecule has 1 aliphatic heterocycles. The second-order valence-corrected chi connectivity index (χ2v) is 5.07. The van der Waals surface area contributed by atoms with Crippen molar-refractivity contribution in [2.45, 2.75) is 10.9 Å². The largest absolute Gasteiger partial charge is 0.356 e. The van der Waals surface area contributed by atoms with Gasteiger partial charge < -0.3 is 4.90 Å². The summed E-state index contributed by atoms with van der Waals surface area (Å²) in [5.74, 6) is 0.844. The predicted molar refractivity (Wildman–Crippen MR) is 62.7 cm³/mol. The topological polar surface area (TPSA) is 27.0 Å². The second-order valence-electron chi connectivity index (χ2n) is 3.15. The maximum absolute atomic E-state index is 8.96. The third kappa shape index (κ3) is 1.51. The molecule has 1 aromatic rings. The summed E-state index contributed by atoms with van der Waals surface area (Å²) in [6.07, 6.45) is 0. The lowest BCUT2D eigenvalue weighted by Gasteiger charge is -2.32. The molecule has 1 heterocycles. The average Bonchev–Trinajstić information content (AvgIpc) is 2.18. The minimum Gasteiger partial charge on any atom is -0.356 e. The molecule has 0 bridgehead atoms. The first-order valence-corrected chi connectivity index (χ1v) is 6.05. The molecule has 0 aliphatic carbocycles. The fourth-order valence-corrected chi connectivity index (χ4v) is 3.49. The van der Waals surface area contributed by atoms with Gasteiger partial charge in [-0.2, -0.15) is 5.26 Å². The molecule has 0 aromatic heterocycles. The van der Waals surface area contributed by atoms with Gasteiger partial charge in [0.15, 0.2) is 0 Å². The molecule has 1 unspecified atom stereocenters. The summed E-state index contributed by atoms with van der Waals surface area (Å²) in [7, 11) is 1.97. The first-order valence-electron chi connectivity index (χ1n) is 4.28. The molecule has 0 saturated heterocycles. The quantitative estimate of drug-likeness (QED) is 0.724. The Balaban J connectivity index is 2.49. The summed E-state index contributed by atoms with van der Waals surface area (Å²) >= 11 is 5.26. The van der Waals surface area contributed by atoms with Gasteiger partial charge in [0, 0.05) is 22.2 Å². The molecule has 72 valence electrons. The lowest BCUT2D eigenvalue weighted by atomic mass is 10.2. The van der Waals surface area contributed by atoms with Crippen molar-refractivity contribution in [1.82, 2.24) is 0 Å². The van der Waals surface area contributed by atoms with E-state index < -0.39 is 0 Å². The van der Waals surface area contributed by atoms with Crippen LogP contribution in [0, 0.1) is 11.3 Å². The van der Waals surface area contributed by atoms with E-state index in [1.165, 1.54) is 4.90 Å². The van der Waals surface area contributed by atoms with Crippen LogP contribution in [0.15, 0.2) is 27.6 Å². The Morgan fingerprint density at radius 3 is 3.14 bits per heavy atom. The molecule has 4 heteroatoms. The molecule has 14 heavy (non-hydrogen) atoms. The van der Waals surface area contributed by atoms with Crippen LogP contribution in [-0.2, 0) is 0 Å². The summed E-state index contributed by atoms with van der Waals surface area (Å²) in [5, 5.41) is 8.96. The van der Waals surface area contributed by atoms with E-state index in [4.69, 9.17) is 5.26 Å². The van der Waals surface area contributed by atoms with E-state index in [0.29, 0.717) is 0 Å². The zero-order valence-electron chi connectivity index (χ0n) is 7.70. The SMILES string of the molecule is CN1c2c(Br)cccc2SCC1C#N. The zero-order chi connectivity index (χ0) is 10.1. The number of halogens is 1. The van der Waals surface area contributed by atoms with Gasteiger partial charge in [0.25, 0.3) is 0 Å². The molecule has 1 aromatic carbocycles. The average molecular weight is 269 g/mol. The van der Waals surface area contributed by atoms with Crippen LogP contribution in [-0.4, -0.2) is 18.8 Å². The third-order valence-corrected chi connectivity index (χ3v) is 4.08. The lowest BCUT2D eigenvalue weighted by Crippen LogP contribution is -2.35. The van der Waals surface area contributed by atoms with Crippen LogP contribution in [0.5, 0.6) is 0 Å². The molecular weight excluding hydrogens is 260 g/mol. The standard InChI is InChI=1S/C10H9BrN2S/c1-13-7(5-12)6-14-9-4-2-3-8(11)10(9)13/h2-4,7H,6H2,1H3. The molecule has 0 saturated carbocycles. The molecule has 0 amide bonds. The van der Waals surface area contributed by atoms with Crippen LogP contribution in [0.2, 0.25) is 0 Å². The lowest BCUT2D eigenvalue weighted by molar-refractivity contribution is 0.820. The zero-order valence-corrected chi connectivity index (χ0v) is 10.1. The molecule has 2 rings (SSSR count). The van der Waals surface area contributed by atoms with E-state index in [-0.39, 0.29) is 6.04 Å². The van der Waals surface area contributed by atoms with Crippen LogP contribution < -0.4 is 4.90 Å². The number of para-hydroxylation sites is 1. The van der Waals surface area contributed by atoms with Gasteiger partial charge in [-0.1, -0.05) is 6.07 Å². The minimum absolute atomic E-state index is 0.0220. The third-order valence-electron chi connectivity index (χ3n) is 2.32. The van der Waals surface area contributed by atoms with Crippen LogP contribution in [0.4, 0.5) is 5.69 Å². The second kappa shape index (κ2) is 3.84. The number of thioether (sulfide) groups is 1. The molecule has 0 radical (unpaired) electrons. The number of hydrogen-bond donors (Lipinski definition) is 0. The number of hydrogen-bond acceptors (Lipinski definition) is 3. The van der Waals surface area contributed by atoms with Crippen molar-refractivity contribution in [3.05, 3.63) is 22.7 Å². The summed E-state index contributed by atoms with van der Waals surface area (Å²) in [5.41, 5.74) is 1.13. The Morgan fingerprint density at radius 2 is 2.43 bits per heavy atom. The Kier molecular flexibility index (Phi) is 2.71. The predicted octanol–water partition coefficient (Wildman–Crippen LogP) is 2.88. The van der Waals surface area contributed by atoms with Gasteiger partial charge in [0.2, 0.25) is 0 Å². The molecule has 0 fully saturated rings. The summed E-state index contributed by atoms with van der Waals surface area (Å²) in [6, 6.07) is 8.41. The first kappa shape index (κ1) is 9.88. The number of nitrogens with zero attached hydrogens (tertiary/aromatic N) is 2. The smallest absolute Gasteiger partial charge is 0.126 e. The summed E-state index contributed by atoms with van der Waals surface area (Å²) < 4.78 is 1.06. The van der Waals surface area contributed by atoms with Crippen molar-refractivity contribution < 1.29 is 0 Å². The van der Waals surface area contributed by atoms with Gasteiger partial charge in [0.1, 0.15) is 6.04 Å². The fourth-order valence-electron chi connectivity index (χ4n) is 1.51. The van der Waals surface area contributed by atoms with Gasteiger partial charge in [-0.05, 0) is 28.1 Å². The van der Waals surface area contributed by atoms with Crippen molar-refractivity contribution in [3.63, 3.8) is 0 Å². The highest BCUT2D eigenvalue weighted by Gasteiger charge is 2.24. The number of nitriles is 1. The molecule has 1 atom stereocenters. The maximum Gasteiger partial charge on any atom is 0.126 e. The van der Waals surface area contributed by atoms with E-state index >= 15 is 0 Å². The van der Waals surface area contributed by atoms with Gasteiger partial charge in [-0.3, -0.25) is 0 Å². The van der Waals surface area contributed by atoms with E-state index in [2.05, 4.69) is 28.1 Å². The van der Waals surface area contributed by atoms with Crippen molar-refractivity contribution in [2.75, 3.05) is 17.7 Å². The highest BCUT2D eigenvalue weighted by atomic mass is 79.9. The van der Waals surface area contributed by atoms with Gasteiger partial charge in [-0.15, -0.1) is 11.8 Å². The van der Waals surface area contributed by atoms with Crippen LogP contribution in [0.1, 0.15) is 0 Å². The number of anilines is 1. The van der Waals surface area contributed by atoms with Crippen LogP contribution in [0.25, 0.3) is 0 Å². The number of benzene rings is 1. The molecular formula is C10H9BrN2S. The number of rotatable bonds is 0. The van der Waals surface area contributed by atoms with Gasteiger partial charge >= 0.3 is 0 Å². The van der Waals surface area contributed by atoms with Crippen LogP contribution >= 0.6 is 27.7 Å². The highest BCUT2D eigenvalue weighted by Crippen LogP contribution is 2.40. The normalized spacial score (nSPS) is 20.1. The molecule has 2 nitrogen and oxygen atoms in total. The van der Waals surface area contributed by atoms with Gasteiger partial charge in [0.05, 0.1) is 11.8 Å². The van der Waals surface area contributed by atoms with Crippen molar-refractivity contribution >= 4 is 33.4 Å². The van der Waals surface area contributed by atoms with E-state index in [0.717, 1.165) is 15.9 Å². The fraction of sp³-hybridized carbons (Fsp3) is 0.300. The maximum atomic E-state index is 8.96. The monoisotopic (exact) mass is 268 g/mol. The van der Waals surface area contributed by atoms with E-state index in [9.17, 15) is 0 Å². The molecule has 1 aliphatic rings. The minimum atomic E-state index is -0.0220. The van der Waals surface area contributed by atoms with Crippen molar-refractivity contribution in [1.29, 1.82) is 5.26 Å². The van der Waals surface area contributed by atoms with Crippen LogP contribution in [0.3, 0.4) is 0 Å². The van der Waals surface area contributed by atoms with Gasteiger partial charge in [-0.25, -0.2) is 0 Å². The molecule has 0 spiro atoms. The summed E-state index contributed by atoms with van der Waals surface area (Å²) in [6.45, 7) is 0. The first-order chi connectivity index (χ1) is 6.74. The Labute approximate surface area is 96.0 Å². The van der Waals surface area contributed by atoms with E-state index in [1.54, 1.807) is 11.8 Å². The number of fused-ring (bicyclic) bond motifs is 1.